The summed E-state index contributed by atoms with van der Waals surface area (Å²) in [7, 11) is 3.80. The van der Waals surface area contributed by atoms with E-state index in [0.29, 0.717) is 0 Å². The number of nitrogens with zero attached hydrogens (tertiary/aromatic N) is 1. The third-order valence-corrected chi connectivity index (χ3v) is 3.36. The minimum Gasteiger partial charge on any atom is -0.385 e. The number of ether oxygens (including phenoxy) is 1. The Labute approximate surface area is 98.2 Å². The van der Waals surface area contributed by atoms with Gasteiger partial charge in [0.2, 0.25) is 0 Å². The summed E-state index contributed by atoms with van der Waals surface area (Å²) in [6.07, 6.45) is 5.15. The lowest BCUT2D eigenvalue weighted by molar-refractivity contribution is 0.195. The van der Waals surface area contributed by atoms with Crippen LogP contribution in [0.4, 0.5) is 0 Å². The minimum atomic E-state index is 0.794. The van der Waals surface area contributed by atoms with Gasteiger partial charge in [-0.3, -0.25) is 0 Å². The Kier molecular flexibility index (Phi) is 5.95. The van der Waals surface area contributed by atoms with Crippen LogP contribution in [0.25, 0.3) is 0 Å². The third-order valence-electron chi connectivity index (χ3n) is 2.90. The van der Waals surface area contributed by atoms with Gasteiger partial charge in [-0.2, -0.15) is 0 Å². The van der Waals surface area contributed by atoms with Gasteiger partial charge < -0.3 is 15.0 Å². The van der Waals surface area contributed by atoms with E-state index in [1.165, 1.54) is 19.3 Å². The largest absolute Gasteiger partial charge is 0.385 e. The number of thiocarbonyl (C=S) groups is 1. The van der Waals surface area contributed by atoms with Crippen molar-refractivity contribution in [2.75, 3.05) is 33.9 Å². The van der Waals surface area contributed by atoms with Gasteiger partial charge >= 0.3 is 0 Å². The van der Waals surface area contributed by atoms with Crippen molar-refractivity contribution in [3.05, 3.63) is 0 Å². The number of hydrogen-bond acceptors (Lipinski definition) is 2. The van der Waals surface area contributed by atoms with Crippen molar-refractivity contribution in [3.8, 4) is 0 Å². The van der Waals surface area contributed by atoms with Gasteiger partial charge in [-0.25, -0.2) is 0 Å². The first-order valence-electron chi connectivity index (χ1n) is 5.72. The summed E-state index contributed by atoms with van der Waals surface area (Å²) in [6.45, 7) is 2.81. The molecule has 0 radical (unpaired) electrons. The van der Waals surface area contributed by atoms with Gasteiger partial charge in [-0.15, -0.1) is 0 Å². The van der Waals surface area contributed by atoms with Gasteiger partial charge in [0.15, 0.2) is 5.11 Å². The minimum absolute atomic E-state index is 0.794. The molecule has 0 aliphatic heterocycles. The molecule has 1 rings (SSSR count). The average Bonchev–Trinajstić information content (AvgIpc) is 2.17. The molecule has 0 saturated heterocycles. The summed E-state index contributed by atoms with van der Waals surface area (Å²) in [6, 6.07) is 0. The fraction of sp³-hybridized carbons (Fsp3) is 0.909. The molecule has 1 aliphatic rings. The number of hydrogen-bond donors (Lipinski definition) is 1. The Morgan fingerprint density at radius 2 is 2.27 bits per heavy atom. The van der Waals surface area contributed by atoms with Crippen LogP contribution in [0.15, 0.2) is 0 Å². The molecule has 15 heavy (non-hydrogen) atoms. The SMILES string of the molecule is COCCCNC(=S)N(C)CC1CCC1. The highest BCUT2D eigenvalue weighted by molar-refractivity contribution is 7.80. The van der Waals surface area contributed by atoms with Crippen molar-refractivity contribution in [2.45, 2.75) is 25.7 Å². The van der Waals surface area contributed by atoms with Crippen molar-refractivity contribution < 1.29 is 4.74 Å². The maximum absolute atomic E-state index is 5.29. The van der Waals surface area contributed by atoms with Crippen molar-refractivity contribution in [2.24, 2.45) is 5.92 Å². The van der Waals surface area contributed by atoms with Gasteiger partial charge in [0.1, 0.15) is 0 Å². The van der Waals surface area contributed by atoms with Crippen LogP contribution in [0.5, 0.6) is 0 Å². The molecule has 0 aromatic carbocycles. The Bertz CT molecular complexity index is 195. The Balaban J connectivity index is 2.04. The zero-order valence-electron chi connectivity index (χ0n) is 9.79. The lowest BCUT2D eigenvalue weighted by atomic mass is 9.85. The molecule has 0 amide bonds. The molecular weight excluding hydrogens is 208 g/mol. The lowest BCUT2D eigenvalue weighted by Crippen LogP contribution is -2.41. The first-order chi connectivity index (χ1) is 7.24. The lowest BCUT2D eigenvalue weighted by Gasteiger charge is -2.31. The molecule has 4 heteroatoms. The molecule has 1 fully saturated rings. The van der Waals surface area contributed by atoms with Crippen LogP contribution < -0.4 is 5.32 Å². The molecule has 0 bridgehead atoms. The highest BCUT2D eigenvalue weighted by Crippen LogP contribution is 2.26. The molecule has 1 saturated carbocycles. The van der Waals surface area contributed by atoms with Gasteiger partial charge in [0, 0.05) is 33.9 Å². The number of methoxy groups -OCH3 is 1. The summed E-state index contributed by atoms with van der Waals surface area (Å²) in [5.74, 6) is 0.869. The molecule has 1 N–H and O–H groups in total. The first kappa shape index (κ1) is 12.7. The summed E-state index contributed by atoms with van der Waals surface area (Å²) in [5.41, 5.74) is 0. The molecular formula is C11H22N2OS. The Morgan fingerprint density at radius 1 is 1.53 bits per heavy atom. The second-order valence-electron chi connectivity index (χ2n) is 4.26. The smallest absolute Gasteiger partial charge is 0.168 e. The van der Waals surface area contributed by atoms with E-state index in [1.54, 1.807) is 7.11 Å². The molecule has 0 heterocycles. The molecule has 88 valence electrons. The van der Waals surface area contributed by atoms with E-state index >= 15 is 0 Å². The van der Waals surface area contributed by atoms with Crippen molar-refractivity contribution in [1.29, 1.82) is 0 Å². The average molecular weight is 230 g/mol. The van der Waals surface area contributed by atoms with E-state index in [0.717, 1.165) is 37.1 Å². The molecule has 1 aliphatic carbocycles. The van der Waals surface area contributed by atoms with Crippen molar-refractivity contribution >= 4 is 17.3 Å². The molecule has 0 atom stereocenters. The summed E-state index contributed by atoms with van der Waals surface area (Å²) >= 11 is 5.29. The van der Waals surface area contributed by atoms with Crippen molar-refractivity contribution in [3.63, 3.8) is 0 Å². The first-order valence-corrected chi connectivity index (χ1v) is 6.12. The van der Waals surface area contributed by atoms with Gasteiger partial charge in [-0.1, -0.05) is 6.42 Å². The quantitative estimate of drug-likeness (QED) is 0.554. The molecule has 3 nitrogen and oxygen atoms in total. The highest BCUT2D eigenvalue weighted by Gasteiger charge is 2.19. The molecule has 0 unspecified atom stereocenters. The van der Waals surface area contributed by atoms with Crippen LogP contribution >= 0.6 is 12.2 Å². The molecule has 0 aromatic heterocycles. The maximum atomic E-state index is 5.29. The monoisotopic (exact) mass is 230 g/mol. The van der Waals surface area contributed by atoms with Crippen LogP contribution in [-0.4, -0.2) is 43.9 Å². The predicted molar refractivity (Wildman–Crippen MR) is 67.1 cm³/mol. The predicted octanol–water partition coefficient (Wildman–Crippen LogP) is 1.63. The molecule has 0 spiro atoms. The highest BCUT2D eigenvalue weighted by atomic mass is 32.1. The van der Waals surface area contributed by atoms with E-state index in [1.807, 2.05) is 0 Å². The second kappa shape index (κ2) is 7.01. The van der Waals surface area contributed by atoms with Crippen LogP contribution in [0, 0.1) is 5.92 Å². The second-order valence-corrected chi connectivity index (χ2v) is 4.64. The number of rotatable bonds is 6. The maximum Gasteiger partial charge on any atom is 0.168 e. The van der Waals surface area contributed by atoms with Crippen LogP contribution in [0.2, 0.25) is 0 Å². The normalized spacial score (nSPS) is 15.9. The van der Waals surface area contributed by atoms with Gasteiger partial charge in [-0.05, 0) is 37.4 Å². The number of nitrogens with one attached hydrogen (secondary N) is 1. The zero-order chi connectivity index (χ0) is 11.1. The summed E-state index contributed by atoms with van der Waals surface area (Å²) in [4.78, 5) is 2.16. The third kappa shape index (κ3) is 4.80. The fourth-order valence-electron chi connectivity index (χ4n) is 1.69. The zero-order valence-corrected chi connectivity index (χ0v) is 10.6. The Hall–Kier alpha value is -0.350. The van der Waals surface area contributed by atoms with Gasteiger partial charge in [0.05, 0.1) is 0 Å². The van der Waals surface area contributed by atoms with Crippen LogP contribution in [0.1, 0.15) is 25.7 Å². The van der Waals surface area contributed by atoms with Crippen molar-refractivity contribution in [1.82, 2.24) is 10.2 Å². The van der Waals surface area contributed by atoms with E-state index in [9.17, 15) is 0 Å². The standard InChI is InChI=1S/C11H22N2OS/c1-13(9-10-5-3-6-10)11(15)12-7-4-8-14-2/h10H,3-9H2,1-2H3,(H,12,15). The Morgan fingerprint density at radius 3 is 2.80 bits per heavy atom. The van der Waals surface area contributed by atoms with Crippen LogP contribution in [-0.2, 0) is 4.74 Å². The summed E-state index contributed by atoms with van der Waals surface area (Å²) in [5, 5.41) is 4.12. The molecule has 0 aromatic rings. The summed E-state index contributed by atoms with van der Waals surface area (Å²) < 4.78 is 4.98. The van der Waals surface area contributed by atoms with Crippen LogP contribution in [0.3, 0.4) is 0 Å². The van der Waals surface area contributed by atoms with E-state index < -0.39 is 0 Å². The van der Waals surface area contributed by atoms with Gasteiger partial charge in [0.25, 0.3) is 0 Å². The fourth-order valence-corrected chi connectivity index (χ4v) is 1.87. The van der Waals surface area contributed by atoms with E-state index in [-0.39, 0.29) is 0 Å². The van der Waals surface area contributed by atoms with E-state index in [2.05, 4.69) is 17.3 Å². The topological polar surface area (TPSA) is 24.5 Å². The van der Waals surface area contributed by atoms with E-state index in [4.69, 9.17) is 17.0 Å².